The number of anilines is 1. The zero-order valence-corrected chi connectivity index (χ0v) is 12.2. The largest absolute Gasteiger partial charge is 0.397 e. The second kappa shape index (κ2) is 5.38. The molecule has 1 fully saturated rings. The van der Waals surface area contributed by atoms with Crippen molar-refractivity contribution >= 4 is 33.0 Å². The fourth-order valence-electron chi connectivity index (χ4n) is 2.52. The third-order valence-corrected chi connectivity index (χ3v) is 4.83. The van der Waals surface area contributed by atoms with Gasteiger partial charge in [0.2, 0.25) is 0 Å². The number of hydrogen-bond donors (Lipinski definition) is 1. The van der Waals surface area contributed by atoms with Crippen LogP contribution in [-0.4, -0.2) is 41.6 Å². The standard InChI is InChI=1S/C14H17N3O2S/c1-2-9-8-19-6-5-17(9)14(18)13-12(15)10-3-4-16-7-11(10)20-13/h3-4,7,9H,2,5-6,8,15H2,1H3. The van der Waals surface area contributed by atoms with E-state index in [2.05, 4.69) is 11.9 Å². The minimum absolute atomic E-state index is 0.0128. The summed E-state index contributed by atoms with van der Waals surface area (Å²) in [7, 11) is 0. The molecule has 3 rings (SSSR count). The third kappa shape index (κ3) is 2.14. The lowest BCUT2D eigenvalue weighted by atomic mass is 10.1. The van der Waals surface area contributed by atoms with Gasteiger partial charge in [-0.3, -0.25) is 9.78 Å². The molecule has 1 aliphatic heterocycles. The highest BCUT2D eigenvalue weighted by atomic mass is 32.1. The van der Waals surface area contributed by atoms with Gasteiger partial charge in [0.1, 0.15) is 4.88 Å². The molecule has 5 nitrogen and oxygen atoms in total. The van der Waals surface area contributed by atoms with E-state index in [4.69, 9.17) is 10.5 Å². The van der Waals surface area contributed by atoms with Crippen LogP contribution in [-0.2, 0) is 4.74 Å². The van der Waals surface area contributed by atoms with Crippen LogP contribution >= 0.6 is 11.3 Å². The minimum atomic E-state index is 0.0128. The highest BCUT2D eigenvalue weighted by Crippen LogP contribution is 2.34. The summed E-state index contributed by atoms with van der Waals surface area (Å²) in [6, 6.07) is 1.99. The average molecular weight is 291 g/mol. The van der Waals surface area contributed by atoms with E-state index in [1.165, 1.54) is 11.3 Å². The first-order chi connectivity index (χ1) is 9.72. The number of carbonyl (C=O) groups is 1. The van der Waals surface area contributed by atoms with Crippen LogP contribution < -0.4 is 5.73 Å². The number of hydrogen-bond acceptors (Lipinski definition) is 5. The Labute approximate surface area is 121 Å². The van der Waals surface area contributed by atoms with Crippen LogP contribution in [0.1, 0.15) is 23.0 Å². The highest BCUT2D eigenvalue weighted by molar-refractivity contribution is 7.21. The van der Waals surface area contributed by atoms with Crippen LogP contribution in [0.5, 0.6) is 0 Å². The predicted molar refractivity (Wildman–Crippen MR) is 80.0 cm³/mol. The molecule has 1 atom stereocenters. The fourth-order valence-corrected chi connectivity index (χ4v) is 3.57. The molecule has 3 heterocycles. The number of nitrogens with zero attached hydrogens (tertiary/aromatic N) is 2. The van der Waals surface area contributed by atoms with E-state index in [9.17, 15) is 4.79 Å². The van der Waals surface area contributed by atoms with Gasteiger partial charge in [-0.1, -0.05) is 6.92 Å². The van der Waals surface area contributed by atoms with Gasteiger partial charge in [-0.25, -0.2) is 0 Å². The maximum absolute atomic E-state index is 12.7. The third-order valence-electron chi connectivity index (χ3n) is 3.69. The van der Waals surface area contributed by atoms with E-state index in [1.807, 2.05) is 11.0 Å². The molecule has 20 heavy (non-hydrogen) atoms. The Balaban J connectivity index is 1.97. The minimum Gasteiger partial charge on any atom is -0.397 e. The predicted octanol–water partition coefficient (Wildman–Crippen LogP) is 2.13. The van der Waals surface area contributed by atoms with Gasteiger partial charge in [-0.05, 0) is 12.5 Å². The zero-order chi connectivity index (χ0) is 14.1. The van der Waals surface area contributed by atoms with Crippen molar-refractivity contribution in [3.05, 3.63) is 23.3 Å². The van der Waals surface area contributed by atoms with Gasteiger partial charge in [0.15, 0.2) is 0 Å². The smallest absolute Gasteiger partial charge is 0.266 e. The molecule has 0 radical (unpaired) electrons. The van der Waals surface area contributed by atoms with Gasteiger partial charge in [-0.15, -0.1) is 11.3 Å². The van der Waals surface area contributed by atoms with Crippen LogP contribution in [0.3, 0.4) is 0 Å². The molecule has 0 spiro atoms. The molecule has 2 aromatic heterocycles. The molecule has 0 aromatic carbocycles. The number of fused-ring (bicyclic) bond motifs is 1. The number of carbonyl (C=O) groups excluding carboxylic acids is 1. The molecule has 1 aliphatic rings. The van der Waals surface area contributed by atoms with Crippen molar-refractivity contribution in [1.82, 2.24) is 9.88 Å². The quantitative estimate of drug-likeness (QED) is 0.920. The number of nitrogen functional groups attached to an aromatic ring is 1. The fraction of sp³-hybridized carbons (Fsp3) is 0.429. The molecule has 0 aliphatic carbocycles. The Bertz CT molecular complexity index is 640. The number of morpholine rings is 1. The van der Waals surface area contributed by atoms with Crippen molar-refractivity contribution in [3.63, 3.8) is 0 Å². The van der Waals surface area contributed by atoms with Gasteiger partial charge in [-0.2, -0.15) is 0 Å². The molecule has 2 N–H and O–H groups in total. The second-order valence-corrected chi connectivity index (χ2v) is 5.90. The average Bonchev–Trinajstić information content (AvgIpc) is 2.84. The van der Waals surface area contributed by atoms with Gasteiger partial charge in [0.25, 0.3) is 5.91 Å². The van der Waals surface area contributed by atoms with Crippen molar-refractivity contribution < 1.29 is 9.53 Å². The Morgan fingerprint density at radius 1 is 1.65 bits per heavy atom. The highest BCUT2D eigenvalue weighted by Gasteiger charge is 2.29. The number of amides is 1. The summed E-state index contributed by atoms with van der Waals surface area (Å²) >= 11 is 1.42. The lowest BCUT2D eigenvalue weighted by Gasteiger charge is -2.34. The topological polar surface area (TPSA) is 68.5 Å². The van der Waals surface area contributed by atoms with Crippen LogP contribution in [0.15, 0.2) is 18.5 Å². The first-order valence-corrected chi connectivity index (χ1v) is 7.54. The number of ether oxygens (including phenoxy) is 1. The van der Waals surface area contributed by atoms with Crippen LogP contribution in [0.2, 0.25) is 0 Å². The summed E-state index contributed by atoms with van der Waals surface area (Å²) in [4.78, 5) is 19.3. The summed E-state index contributed by atoms with van der Waals surface area (Å²) in [6.07, 6.45) is 4.34. The summed E-state index contributed by atoms with van der Waals surface area (Å²) in [5, 5.41) is 0.912. The Kier molecular flexibility index (Phi) is 3.58. The van der Waals surface area contributed by atoms with Gasteiger partial charge >= 0.3 is 0 Å². The first kappa shape index (κ1) is 13.3. The van der Waals surface area contributed by atoms with E-state index in [1.54, 1.807) is 12.4 Å². The number of thiophene rings is 1. The van der Waals surface area contributed by atoms with Crippen LogP contribution in [0.25, 0.3) is 10.1 Å². The number of aromatic nitrogens is 1. The Hall–Kier alpha value is -1.66. The maximum atomic E-state index is 12.7. The van der Waals surface area contributed by atoms with E-state index in [0.717, 1.165) is 16.5 Å². The van der Waals surface area contributed by atoms with Crippen molar-refractivity contribution in [1.29, 1.82) is 0 Å². The molecule has 1 unspecified atom stereocenters. The van der Waals surface area contributed by atoms with Crippen LogP contribution in [0.4, 0.5) is 5.69 Å². The van der Waals surface area contributed by atoms with Gasteiger partial charge in [0, 0.05) is 24.3 Å². The van der Waals surface area contributed by atoms with Gasteiger partial charge in [0.05, 0.1) is 29.6 Å². The van der Waals surface area contributed by atoms with Crippen molar-refractivity contribution in [3.8, 4) is 0 Å². The molecule has 1 amide bonds. The van der Waals surface area contributed by atoms with E-state index < -0.39 is 0 Å². The molecule has 2 aromatic rings. The summed E-state index contributed by atoms with van der Waals surface area (Å²) in [5.74, 6) is 0.0128. The molecular weight excluding hydrogens is 274 g/mol. The van der Waals surface area contributed by atoms with E-state index >= 15 is 0 Å². The molecular formula is C14H17N3O2S. The molecule has 106 valence electrons. The van der Waals surface area contributed by atoms with Crippen molar-refractivity contribution in [2.75, 3.05) is 25.5 Å². The number of pyridine rings is 1. The molecule has 0 saturated carbocycles. The summed E-state index contributed by atoms with van der Waals surface area (Å²) in [5.41, 5.74) is 6.71. The zero-order valence-electron chi connectivity index (χ0n) is 11.3. The SMILES string of the molecule is CCC1COCCN1C(=O)c1sc2cnccc2c1N. The van der Waals surface area contributed by atoms with Crippen LogP contribution in [0, 0.1) is 0 Å². The number of rotatable bonds is 2. The summed E-state index contributed by atoms with van der Waals surface area (Å²) in [6.45, 7) is 3.89. The van der Waals surface area contributed by atoms with E-state index in [0.29, 0.717) is 30.3 Å². The second-order valence-electron chi connectivity index (χ2n) is 4.85. The monoisotopic (exact) mass is 291 g/mol. The number of nitrogens with two attached hydrogens (primary N) is 1. The first-order valence-electron chi connectivity index (χ1n) is 6.73. The maximum Gasteiger partial charge on any atom is 0.266 e. The Morgan fingerprint density at radius 2 is 2.50 bits per heavy atom. The van der Waals surface area contributed by atoms with E-state index in [-0.39, 0.29) is 11.9 Å². The summed E-state index contributed by atoms with van der Waals surface area (Å²) < 4.78 is 6.40. The van der Waals surface area contributed by atoms with Crippen molar-refractivity contribution in [2.45, 2.75) is 19.4 Å². The lowest BCUT2D eigenvalue weighted by molar-refractivity contribution is -0.00248. The normalized spacial score (nSPS) is 19.4. The van der Waals surface area contributed by atoms with Crippen molar-refractivity contribution in [2.24, 2.45) is 0 Å². The molecule has 6 heteroatoms. The molecule has 1 saturated heterocycles. The Morgan fingerprint density at radius 3 is 3.25 bits per heavy atom. The molecule has 0 bridgehead atoms. The lowest BCUT2D eigenvalue weighted by Crippen LogP contribution is -2.48. The van der Waals surface area contributed by atoms with Gasteiger partial charge < -0.3 is 15.4 Å².